The Morgan fingerprint density at radius 3 is 2.67 bits per heavy atom. The van der Waals surface area contributed by atoms with Crippen LogP contribution in [0.2, 0.25) is 0 Å². The minimum atomic E-state index is -0.761. The molecule has 0 bridgehead atoms. The molecule has 0 unspecified atom stereocenters. The zero-order valence-electron chi connectivity index (χ0n) is 4.72. The molecular formula is C3H9N3O3. The molecule has 2 amide bonds. The van der Waals surface area contributed by atoms with Gasteiger partial charge in [0.1, 0.15) is 0 Å². The lowest BCUT2D eigenvalue weighted by Crippen LogP contribution is -2.43. The maximum atomic E-state index is 10.1. The van der Waals surface area contributed by atoms with Crippen LogP contribution in [0.4, 0.5) is 4.79 Å². The molecule has 0 fully saturated rings. The molecule has 0 aromatic rings. The van der Waals surface area contributed by atoms with Crippen LogP contribution in [0.15, 0.2) is 0 Å². The van der Waals surface area contributed by atoms with E-state index in [2.05, 4.69) is 5.43 Å². The summed E-state index contributed by atoms with van der Waals surface area (Å²) in [6, 6.07) is -0.761. The summed E-state index contributed by atoms with van der Waals surface area (Å²) in [7, 11) is 0. The Labute approximate surface area is 51.8 Å². The third-order valence-corrected chi connectivity index (χ3v) is 0.540. The van der Waals surface area contributed by atoms with Gasteiger partial charge in [0, 0.05) is 6.54 Å². The van der Waals surface area contributed by atoms with Gasteiger partial charge in [0.15, 0.2) is 0 Å². The van der Waals surface area contributed by atoms with Crippen molar-refractivity contribution in [1.29, 1.82) is 0 Å². The average molecular weight is 135 g/mol. The highest BCUT2D eigenvalue weighted by Crippen LogP contribution is 1.54. The van der Waals surface area contributed by atoms with E-state index < -0.39 is 6.03 Å². The number of carbonyl (C=O) groups is 1. The maximum Gasteiger partial charge on any atom is 0.352 e. The first-order valence-electron chi connectivity index (χ1n) is 2.35. The second-order valence-corrected chi connectivity index (χ2v) is 1.22. The van der Waals surface area contributed by atoms with Gasteiger partial charge < -0.3 is 5.11 Å². The SMILES string of the molecule is O=C(NO)NNCCO. The topological polar surface area (TPSA) is 93.6 Å². The van der Waals surface area contributed by atoms with Gasteiger partial charge in [-0.15, -0.1) is 0 Å². The van der Waals surface area contributed by atoms with Gasteiger partial charge in [0.05, 0.1) is 6.61 Å². The normalized spacial score (nSPS) is 8.67. The van der Waals surface area contributed by atoms with Crippen LogP contribution in [0.1, 0.15) is 0 Å². The molecule has 6 heteroatoms. The molecule has 0 aromatic heterocycles. The van der Waals surface area contributed by atoms with Crippen LogP contribution >= 0.6 is 0 Å². The van der Waals surface area contributed by atoms with Crippen LogP contribution in [0, 0.1) is 0 Å². The fraction of sp³-hybridized carbons (Fsp3) is 0.667. The lowest BCUT2D eigenvalue weighted by molar-refractivity contribution is 0.157. The molecule has 0 aliphatic heterocycles. The molecule has 0 atom stereocenters. The second-order valence-electron chi connectivity index (χ2n) is 1.22. The summed E-state index contributed by atoms with van der Waals surface area (Å²) in [6.07, 6.45) is 0. The number of urea groups is 1. The standard InChI is InChI=1S/C3H9N3O3/c7-2-1-4-5-3(8)6-9/h4,7,9H,1-2H2,(H2,5,6,8). The molecule has 0 aromatic carbocycles. The molecule has 0 heterocycles. The van der Waals surface area contributed by atoms with E-state index in [1.807, 2.05) is 5.43 Å². The van der Waals surface area contributed by atoms with Crippen LogP contribution in [0.25, 0.3) is 0 Å². The zero-order chi connectivity index (χ0) is 7.11. The minimum Gasteiger partial charge on any atom is -0.395 e. The summed E-state index contributed by atoms with van der Waals surface area (Å²) in [6.45, 7) is 0.166. The average Bonchev–Trinajstić information content (AvgIpc) is 1.89. The van der Waals surface area contributed by atoms with Gasteiger partial charge in [-0.25, -0.2) is 15.7 Å². The number of hydrogen-bond donors (Lipinski definition) is 5. The Balaban J connectivity index is 2.97. The Morgan fingerprint density at radius 2 is 2.22 bits per heavy atom. The van der Waals surface area contributed by atoms with Crippen LogP contribution in [0.5, 0.6) is 0 Å². The monoisotopic (exact) mass is 135 g/mol. The van der Waals surface area contributed by atoms with Crippen molar-refractivity contribution in [1.82, 2.24) is 16.3 Å². The number of aliphatic hydroxyl groups is 1. The molecule has 0 radical (unpaired) electrons. The molecule has 5 N–H and O–H groups in total. The molecule has 9 heavy (non-hydrogen) atoms. The van der Waals surface area contributed by atoms with Gasteiger partial charge in [-0.1, -0.05) is 0 Å². The lowest BCUT2D eigenvalue weighted by Gasteiger charge is -2.01. The highest BCUT2D eigenvalue weighted by atomic mass is 16.5. The molecular weight excluding hydrogens is 126 g/mol. The van der Waals surface area contributed by atoms with Gasteiger partial charge in [-0.3, -0.25) is 10.6 Å². The number of hydrazine groups is 1. The first-order chi connectivity index (χ1) is 4.31. The Morgan fingerprint density at radius 1 is 1.56 bits per heavy atom. The van der Waals surface area contributed by atoms with E-state index in [0.717, 1.165) is 0 Å². The molecule has 0 saturated heterocycles. The predicted molar refractivity (Wildman–Crippen MR) is 28.5 cm³/mol. The Kier molecular flexibility index (Phi) is 4.79. The highest BCUT2D eigenvalue weighted by molar-refractivity contribution is 5.71. The van der Waals surface area contributed by atoms with Crippen LogP contribution < -0.4 is 16.3 Å². The number of aliphatic hydroxyl groups excluding tert-OH is 1. The number of hydrogen-bond acceptors (Lipinski definition) is 4. The zero-order valence-corrected chi connectivity index (χ0v) is 4.72. The Bertz CT molecular complexity index is 86.4. The largest absolute Gasteiger partial charge is 0.395 e. The number of rotatable bonds is 3. The molecule has 0 saturated carbocycles. The van der Waals surface area contributed by atoms with Crippen molar-refractivity contribution in [2.75, 3.05) is 13.2 Å². The van der Waals surface area contributed by atoms with E-state index in [4.69, 9.17) is 10.3 Å². The molecule has 54 valence electrons. The molecule has 0 rings (SSSR count). The van der Waals surface area contributed by atoms with Crippen molar-refractivity contribution in [3.63, 3.8) is 0 Å². The summed E-state index contributed by atoms with van der Waals surface area (Å²) >= 11 is 0. The highest BCUT2D eigenvalue weighted by Gasteiger charge is 1.91. The van der Waals surface area contributed by atoms with E-state index in [1.165, 1.54) is 5.48 Å². The predicted octanol–water partition coefficient (Wildman–Crippen LogP) is -1.83. The fourth-order valence-electron chi connectivity index (χ4n) is 0.227. The van der Waals surface area contributed by atoms with Gasteiger partial charge in [-0.2, -0.15) is 0 Å². The van der Waals surface area contributed by atoms with Crippen molar-refractivity contribution in [2.45, 2.75) is 0 Å². The van der Waals surface area contributed by atoms with Gasteiger partial charge in [0.25, 0.3) is 0 Å². The van der Waals surface area contributed by atoms with E-state index in [1.54, 1.807) is 0 Å². The smallest absolute Gasteiger partial charge is 0.352 e. The summed E-state index contributed by atoms with van der Waals surface area (Å²) in [4.78, 5) is 10.1. The number of amides is 2. The summed E-state index contributed by atoms with van der Waals surface area (Å²) in [5.74, 6) is 0. The van der Waals surface area contributed by atoms with Gasteiger partial charge in [-0.05, 0) is 0 Å². The van der Waals surface area contributed by atoms with Crippen molar-refractivity contribution >= 4 is 6.03 Å². The first-order valence-corrected chi connectivity index (χ1v) is 2.35. The van der Waals surface area contributed by atoms with Crippen LogP contribution in [-0.4, -0.2) is 29.5 Å². The number of hydroxylamine groups is 1. The van der Waals surface area contributed by atoms with Crippen molar-refractivity contribution in [3.05, 3.63) is 0 Å². The van der Waals surface area contributed by atoms with E-state index in [-0.39, 0.29) is 13.2 Å². The van der Waals surface area contributed by atoms with E-state index in [9.17, 15) is 4.79 Å². The second kappa shape index (κ2) is 5.29. The van der Waals surface area contributed by atoms with E-state index >= 15 is 0 Å². The van der Waals surface area contributed by atoms with E-state index in [0.29, 0.717) is 0 Å². The van der Waals surface area contributed by atoms with Gasteiger partial charge in [0.2, 0.25) is 0 Å². The number of nitrogens with one attached hydrogen (secondary N) is 3. The van der Waals surface area contributed by atoms with Crippen molar-refractivity contribution in [2.24, 2.45) is 0 Å². The Hall–Kier alpha value is -0.850. The third-order valence-electron chi connectivity index (χ3n) is 0.540. The third kappa shape index (κ3) is 5.01. The van der Waals surface area contributed by atoms with Gasteiger partial charge >= 0.3 is 6.03 Å². The fourth-order valence-corrected chi connectivity index (χ4v) is 0.227. The first kappa shape index (κ1) is 8.15. The quantitative estimate of drug-likeness (QED) is 0.179. The molecule has 6 nitrogen and oxygen atoms in total. The molecule has 0 aliphatic carbocycles. The summed E-state index contributed by atoms with van der Waals surface area (Å²) in [5, 5.41) is 16.0. The maximum absolute atomic E-state index is 10.1. The van der Waals surface area contributed by atoms with Crippen molar-refractivity contribution < 1.29 is 15.1 Å². The van der Waals surface area contributed by atoms with Crippen LogP contribution in [-0.2, 0) is 0 Å². The van der Waals surface area contributed by atoms with Crippen LogP contribution in [0.3, 0.4) is 0 Å². The minimum absolute atomic E-state index is 0.0777. The summed E-state index contributed by atoms with van der Waals surface area (Å²) < 4.78 is 0. The molecule has 0 spiro atoms. The summed E-state index contributed by atoms with van der Waals surface area (Å²) in [5.41, 5.74) is 5.67. The number of carbonyl (C=O) groups excluding carboxylic acids is 1. The lowest BCUT2D eigenvalue weighted by atomic mass is 10.7. The van der Waals surface area contributed by atoms with Crippen molar-refractivity contribution in [3.8, 4) is 0 Å². The molecule has 0 aliphatic rings.